The third-order valence-electron chi connectivity index (χ3n) is 3.05. The highest BCUT2D eigenvalue weighted by Crippen LogP contribution is 2.14. The van der Waals surface area contributed by atoms with Gasteiger partial charge in [-0.25, -0.2) is 0 Å². The first-order valence-corrected chi connectivity index (χ1v) is 7.03. The highest BCUT2D eigenvalue weighted by Gasteiger charge is 2.10. The highest BCUT2D eigenvalue weighted by atomic mass is 35.5. The molecular weight excluding hydrogens is 356 g/mol. The lowest BCUT2D eigenvalue weighted by Crippen LogP contribution is -3.00. The maximum atomic E-state index is 12.1. The molecule has 1 heterocycles. The number of nitrogens with two attached hydrogens (primary N) is 1. The summed E-state index contributed by atoms with van der Waals surface area (Å²) in [5.41, 5.74) is 6.23. The summed E-state index contributed by atoms with van der Waals surface area (Å²) in [7, 11) is 0. The van der Waals surface area contributed by atoms with E-state index in [1.807, 2.05) is 0 Å². The molecule has 0 radical (unpaired) electrons. The van der Waals surface area contributed by atoms with Crippen molar-refractivity contribution in [2.24, 2.45) is 5.73 Å². The zero-order valence-corrected chi connectivity index (χ0v) is 13.7. The van der Waals surface area contributed by atoms with Crippen LogP contribution in [-0.4, -0.2) is 18.4 Å². The number of nitrogens with one attached hydrogen (secondary N) is 1. The van der Waals surface area contributed by atoms with Crippen LogP contribution in [0.4, 0.5) is 8.78 Å². The number of benzene rings is 1. The number of nitrogens with zero attached hydrogens (tertiary/aromatic N) is 1. The van der Waals surface area contributed by atoms with Crippen molar-refractivity contribution in [3.05, 3.63) is 59.9 Å². The Bertz CT molecular complexity index is 727. The fourth-order valence-corrected chi connectivity index (χ4v) is 2.03. The Morgan fingerprint density at radius 2 is 1.88 bits per heavy atom. The Hall–Kier alpha value is -2.74. The molecule has 1 aromatic carbocycles. The Kier molecular flexibility index (Phi) is 7.74. The number of halogens is 3. The van der Waals surface area contributed by atoms with Crippen LogP contribution in [0.2, 0.25) is 0 Å². The second kappa shape index (κ2) is 9.53. The van der Waals surface area contributed by atoms with Crippen LogP contribution in [0.1, 0.15) is 15.9 Å². The Balaban J connectivity index is 0.00000312. The molecule has 0 aliphatic carbocycles. The van der Waals surface area contributed by atoms with Gasteiger partial charge in [0.25, 0.3) is 11.8 Å². The first-order valence-electron chi connectivity index (χ1n) is 7.03. The first kappa shape index (κ1) is 20.3. The van der Waals surface area contributed by atoms with Gasteiger partial charge in [0, 0.05) is 23.7 Å². The van der Waals surface area contributed by atoms with E-state index in [0.717, 1.165) is 5.56 Å². The van der Waals surface area contributed by atoms with Crippen molar-refractivity contribution in [2.45, 2.75) is 19.7 Å². The average Bonchev–Trinajstić information content (AvgIpc) is 2.52. The van der Waals surface area contributed by atoms with E-state index in [1.165, 1.54) is 24.3 Å². The van der Waals surface area contributed by atoms with Gasteiger partial charge in [0.1, 0.15) is 5.75 Å². The Morgan fingerprint density at radius 1 is 1.20 bits per heavy atom. The SMILES string of the molecule is NC(=O)C[n+]1cccc(CNC(=O)c2ccc(OC(F)F)cc2)c1.[Cl-]. The minimum Gasteiger partial charge on any atom is -1.00 e. The molecule has 0 spiro atoms. The van der Waals surface area contributed by atoms with E-state index < -0.39 is 12.5 Å². The van der Waals surface area contributed by atoms with Crippen LogP contribution in [0, 0.1) is 0 Å². The van der Waals surface area contributed by atoms with Gasteiger partial charge in [-0.15, -0.1) is 0 Å². The maximum Gasteiger partial charge on any atom is 0.387 e. The molecule has 0 aliphatic heterocycles. The largest absolute Gasteiger partial charge is 1.00 e. The van der Waals surface area contributed by atoms with Crippen LogP contribution >= 0.6 is 0 Å². The first-order chi connectivity index (χ1) is 11.4. The lowest BCUT2D eigenvalue weighted by atomic mass is 10.2. The zero-order valence-electron chi connectivity index (χ0n) is 13.0. The standard InChI is InChI=1S/C16H15F2N3O3.ClH/c17-16(18)24-13-5-3-12(4-6-13)15(23)20-8-11-2-1-7-21(9-11)10-14(19)22;/h1-7,9,16H,8,10H2,(H2-,19,20,22,23);1H. The van der Waals surface area contributed by atoms with Crippen LogP contribution < -0.4 is 32.8 Å². The number of alkyl halides is 2. The molecule has 0 fully saturated rings. The number of primary amides is 1. The summed E-state index contributed by atoms with van der Waals surface area (Å²) in [5, 5.41) is 2.70. The van der Waals surface area contributed by atoms with Crippen molar-refractivity contribution < 1.29 is 40.1 Å². The number of carbonyl (C=O) groups excluding carboxylic acids is 2. The van der Waals surface area contributed by atoms with E-state index in [2.05, 4.69) is 10.1 Å². The second-order valence-corrected chi connectivity index (χ2v) is 4.94. The quantitative estimate of drug-likeness (QED) is 0.552. The van der Waals surface area contributed by atoms with Crippen LogP contribution in [0.15, 0.2) is 48.8 Å². The number of hydrogen-bond donors (Lipinski definition) is 2. The summed E-state index contributed by atoms with van der Waals surface area (Å²) >= 11 is 0. The van der Waals surface area contributed by atoms with E-state index >= 15 is 0 Å². The minimum absolute atomic E-state index is 0. The fraction of sp³-hybridized carbons (Fsp3) is 0.188. The summed E-state index contributed by atoms with van der Waals surface area (Å²) in [6.07, 6.45) is 3.39. The normalized spacial score (nSPS) is 10.0. The van der Waals surface area contributed by atoms with Crippen LogP contribution in [-0.2, 0) is 17.9 Å². The molecule has 134 valence electrons. The monoisotopic (exact) mass is 371 g/mol. The summed E-state index contributed by atoms with van der Waals surface area (Å²) in [5.74, 6) is -0.840. The molecule has 25 heavy (non-hydrogen) atoms. The van der Waals surface area contributed by atoms with Crippen LogP contribution in [0.3, 0.4) is 0 Å². The topological polar surface area (TPSA) is 85.3 Å². The molecule has 0 bridgehead atoms. The van der Waals surface area contributed by atoms with Crippen LogP contribution in [0.5, 0.6) is 5.75 Å². The lowest BCUT2D eigenvalue weighted by Gasteiger charge is -2.07. The number of carbonyl (C=O) groups is 2. The van der Waals surface area contributed by atoms with Crippen molar-refractivity contribution in [3.63, 3.8) is 0 Å². The lowest BCUT2D eigenvalue weighted by molar-refractivity contribution is -0.684. The van der Waals surface area contributed by atoms with Gasteiger partial charge < -0.3 is 28.2 Å². The molecule has 3 N–H and O–H groups in total. The summed E-state index contributed by atoms with van der Waals surface area (Å²) in [4.78, 5) is 22.9. The molecule has 0 atom stereocenters. The molecule has 0 saturated heterocycles. The van der Waals surface area contributed by atoms with Crippen molar-refractivity contribution in [1.82, 2.24) is 5.32 Å². The number of ether oxygens (including phenoxy) is 1. The van der Waals surface area contributed by atoms with Gasteiger partial charge >= 0.3 is 6.61 Å². The van der Waals surface area contributed by atoms with E-state index in [1.54, 1.807) is 29.1 Å². The molecule has 2 amide bonds. The van der Waals surface area contributed by atoms with Crippen molar-refractivity contribution >= 4 is 11.8 Å². The van der Waals surface area contributed by atoms with Gasteiger partial charge in [-0.05, 0) is 30.3 Å². The van der Waals surface area contributed by atoms with Gasteiger partial charge in [-0.2, -0.15) is 13.3 Å². The molecule has 6 nitrogen and oxygen atoms in total. The summed E-state index contributed by atoms with van der Waals surface area (Å²) in [6, 6.07) is 8.91. The van der Waals surface area contributed by atoms with E-state index in [-0.39, 0.29) is 37.2 Å². The summed E-state index contributed by atoms with van der Waals surface area (Å²) in [6.45, 7) is -2.61. The molecule has 0 unspecified atom stereocenters. The molecule has 1 aromatic heterocycles. The van der Waals surface area contributed by atoms with E-state index in [4.69, 9.17) is 5.73 Å². The third-order valence-corrected chi connectivity index (χ3v) is 3.05. The zero-order chi connectivity index (χ0) is 17.5. The van der Waals surface area contributed by atoms with Crippen molar-refractivity contribution in [2.75, 3.05) is 0 Å². The molecule has 0 saturated carbocycles. The number of amides is 2. The summed E-state index contributed by atoms with van der Waals surface area (Å²) < 4.78 is 30.0. The number of pyridine rings is 1. The number of hydrogen-bond acceptors (Lipinski definition) is 3. The van der Waals surface area contributed by atoms with Gasteiger partial charge in [-0.1, -0.05) is 0 Å². The fourth-order valence-electron chi connectivity index (χ4n) is 2.03. The predicted molar refractivity (Wildman–Crippen MR) is 80.1 cm³/mol. The van der Waals surface area contributed by atoms with E-state index in [9.17, 15) is 18.4 Å². The van der Waals surface area contributed by atoms with Crippen LogP contribution in [0.25, 0.3) is 0 Å². The minimum atomic E-state index is -2.91. The predicted octanol–water partition coefficient (Wildman–Crippen LogP) is -2.01. The second-order valence-electron chi connectivity index (χ2n) is 4.94. The van der Waals surface area contributed by atoms with Gasteiger partial charge in [-0.3, -0.25) is 9.59 Å². The molecular formula is C16H16ClF2N3O3. The average molecular weight is 372 g/mol. The van der Waals surface area contributed by atoms with Crippen molar-refractivity contribution in [1.29, 1.82) is 0 Å². The number of rotatable bonds is 7. The highest BCUT2D eigenvalue weighted by molar-refractivity contribution is 5.94. The van der Waals surface area contributed by atoms with Gasteiger partial charge in [0.15, 0.2) is 12.4 Å². The Labute approximate surface area is 149 Å². The molecule has 9 heteroatoms. The Morgan fingerprint density at radius 3 is 2.48 bits per heavy atom. The van der Waals surface area contributed by atoms with Crippen molar-refractivity contribution in [3.8, 4) is 5.75 Å². The smallest absolute Gasteiger partial charge is 0.387 e. The molecule has 2 rings (SSSR count). The van der Waals surface area contributed by atoms with Gasteiger partial charge in [0.05, 0.1) is 0 Å². The third kappa shape index (κ3) is 6.72. The van der Waals surface area contributed by atoms with E-state index in [0.29, 0.717) is 5.56 Å². The maximum absolute atomic E-state index is 12.1. The van der Waals surface area contributed by atoms with Gasteiger partial charge in [0.2, 0.25) is 6.54 Å². The number of aromatic nitrogens is 1. The molecule has 0 aliphatic rings. The molecule has 2 aromatic rings.